The number of methoxy groups -OCH3 is 1. The lowest BCUT2D eigenvalue weighted by Gasteiger charge is -2.28. The standard InChI is InChI=1S/C12H17NO2S/c1-15-8-2-3-10-9(11(14)7-13)4-5-16-12(10)6-8/h2-3,6,9,11,14H,4-5,7,13H2,1H3. The van der Waals surface area contributed by atoms with Crippen molar-refractivity contribution in [2.45, 2.75) is 23.3 Å². The SMILES string of the molecule is COc1ccc2c(c1)SCCC2C(O)CN. The molecule has 1 aromatic carbocycles. The van der Waals surface area contributed by atoms with Crippen LogP contribution in [-0.2, 0) is 0 Å². The lowest BCUT2D eigenvalue weighted by Crippen LogP contribution is -2.29. The van der Waals surface area contributed by atoms with E-state index in [1.807, 2.05) is 30.0 Å². The summed E-state index contributed by atoms with van der Waals surface area (Å²) in [4.78, 5) is 1.21. The van der Waals surface area contributed by atoms with Crippen LogP contribution < -0.4 is 10.5 Å². The van der Waals surface area contributed by atoms with Gasteiger partial charge < -0.3 is 15.6 Å². The molecule has 16 heavy (non-hydrogen) atoms. The zero-order valence-electron chi connectivity index (χ0n) is 9.35. The maximum absolute atomic E-state index is 9.89. The number of ether oxygens (including phenoxy) is 1. The summed E-state index contributed by atoms with van der Waals surface area (Å²) in [6, 6.07) is 6.03. The molecule has 0 aromatic heterocycles. The molecular formula is C12H17NO2S. The third-order valence-corrected chi connectivity index (χ3v) is 4.12. The minimum Gasteiger partial charge on any atom is -0.497 e. The highest BCUT2D eigenvalue weighted by molar-refractivity contribution is 7.99. The molecule has 0 fully saturated rings. The average Bonchev–Trinajstić information content (AvgIpc) is 2.36. The maximum Gasteiger partial charge on any atom is 0.119 e. The van der Waals surface area contributed by atoms with Crippen molar-refractivity contribution in [3.63, 3.8) is 0 Å². The predicted molar refractivity (Wildman–Crippen MR) is 66.1 cm³/mol. The second kappa shape index (κ2) is 5.08. The van der Waals surface area contributed by atoms with E-state index >= 15 is 0 Å². The summed E-state index contributed by atoms with van der Waals surface area (Å²) in [7, 11) is 1.67. The normalized spacial score (nSPS) is 21.3. The molecule has 3 nitrogen and oxygen atoms in total. The minimum atomic E-state index is -0.437. The van der Waals surface area contributed by atoms with Gasteiger partial charge in [0.05, 0.1) is 13.2 Å². The number of benzene rings is 1. The van der Waals surface area contributed by atoms with E-state index in [4.69, 9.17) is 10.5 Å². The third kappa shape index (κ3) is 2.19. The lowest BCUT2D eigenvalue weighted by atomic mass is 9.90. The van der Waals surface area contributed by atoms with E-state index in [-0.39, 0.29) is 5.92 Å². The molecule has 0 amide bonds. The zero-order valence-corrected chi connectivity index (χ0v) is 10.2. The van der Waals surface area contributed by atoms with Crippen LogP contribution in [0.15, 0.2) is 23.1 Å². The Labute approximate surface area is 100.0 Å². The van der Waals surface area contributed by atoms with Crippen LogP contribution >= 0.6 is 11.8 Å². The van der Waals surface area contributed by atoms with Crippen molar-refractivity contribution in [3.8, 4) is 5.75 Å². The Morgan fingerprint density at radius 2 is 2.44 bits per heavy atom. The van der Waals surface area contributed by atoms with Gasteiger partial charge in [-0.15, -0.1) is 11.8 Å². The first-order chi connectivity index (χ1) is 7.76. The molecule has 1 aliphatic rings. The fraction of sp³-hybridized carbons (Fsp3) is 0.500. The second-order valence-electron chi connectivity index (χ2n) is 3.95. The summed E-state index contributed by atoms with van der Waals surface area (Å²) in [6.07, 6.45) is 0.551. The first-order valence-electron chi connectivity index (χ1n) is 5.45. The summed E-state index contributed by atoms with van der Waals surface area (Å²) in [6.45, 7) is 0.320. The molecule has 2 rings (SSSR count). The van der Waals surface area contributed by atoms with Gasteiger partial charge in [-0.1, -0.05) is 6.07 Å². The van der Waals surface area contributed by atoms with E-state index in [1.54, 1.807) is 7.11 Å². The molecular weight excluding hydrogens is 222 g/mol. The fourth-order valence-electron chi connectivity index (χ4n) is 2.09. The molecule has 4 heteroatoms. The zero-order chi connectivity index (χ0) is 11.5. The number of thioether (sulfide) groups is 1. The number of aliphatic hydroxyl groups is 1. The molecule has 1 aliphatic heterocycles. The highest BCUT2D eigenvalue weighted by Gasteiger charge is 2.26. The quantitative estimate of drug-likeness (QED) is 0.841. The van der Waals surface area contributed by atoms with Crippen molar-refractivity contribution in [1.29, 1.82) is 0 Å². The van der Waals surface area contributed by atoms with Crippen molar-refractivity contribution in [1.82, 2.24) is 0 Å². The molecule has 3 N–H and O–H groups in total. The van der Waals surface area contributed by atoms with E-state index in [2.05, 4.69) is 0 Å². The van der Waals surface area contributed by atoms with Crippen LogP contribution in [0, 0.1) is 0 Å². The molecule has 88 valence electrons. The number of aliphatic hydroxyl groups excluding tert-OH is 1. The Kier molecular flexibility index (Phi) is 3.74. The molecule has 0 radical (unpaired) electrons. The van der Waals surface area contributed by atoms with Crippen LogP contribution in [0.5, 0.6) is 5.75 Å². The van der Waals surface area contributed by atoms with Crippen LogP contribution in [0.1, 0.15) is 17.9 Å². The molecule has 0 saturated carbocycles. The summed E-state index contributed by atoms with van der Waals surface area (Å²) in [5, 5.41) is 9.89. The van der Waals surface area contributed by atoms with Crippen LogP contribution in [0.2, 0.25) is 0 Å². The van der Waals surface area contributed by atoms with Crippen molar-refractivity contribution >= 4 is 11.8 Å². The van der Waals surface area contributed by atoms with E-state index in [1.165, 1.54) is 10.5 Å². The van der Waals surface area contributed by atoms with Gasteiger partial charge in [-0.05, 0) is 29.9 Å². The number of rotatable bonds is 3. The van der Waals surface area contributed by atoms with Crippen LogP contribution in [0.4, 0.5) is 0 Å². The highest BCUT2D eigenvalue weighted by atomic mass is 32.2. The Hall–Kier alpha value is -0.710. The molecule has 0 bridgehead atoms. The van der Waals surface area contributed by atoms with Crippen LogP contribution in [0.25, 0.3) is 0 Å². The molecule has 0 spiro atoms. The van der Waals surface area contributed by atoms with Gasteiger partial charge in [0.2, 0.25) is 0 Å². The number of hydrogen-bond donors (Lipinski definition) is 2. The van der Waals surface area contributed by atoms with Crippen LogP contribution in [-0.4, -0.2) is 30.6 Å². The Balaban J connectivity index is 2.32. The Morgan fingerprint density at radius 1 is 1.62 bits per heavy atom. The summed E-state index contributed by atoms with van der Waals surface area (Å²) >= 11 is 1.82. The Bertz CT molecular complexity index is 370. The van der Waals surface area contributed by atoms with Crippen LogP contribution in [0.3, 0.4) is 0 Å². The largest absolute Gasteiger partial charge is 0.497 e. The second-order valence-corrected chi connectivity index (χ2v) is 5.09. The van der Waals surface area contributed by atoms with Crippen molar-refractivity contribution in [2.24, 2.45) is 5.73 Å². The first kappa shape index (κ1) is 11.8. The molecule has 1 heterocycles. The summed E-state index contributed by atoms with van der Waals surface area (Å²) in [5.41, 5.74) is 6.74. The molecule has 2 atom stereocenters. The number of fused-ring (bicyclic) bond motifs is 1. The van der Waals surface area contributed by atoms with Gasteiger partial charge in [0.15, 0.2) is 0 Å². The predicted octanol–water partition coefficient (Wildman–Crippen LogP) is 1.59. The average molecular weight is 239 g/mol. The maximum atomic E-state index is 9.89. The summed E-state index contributed by atoms with van der Waals surface area (Å²) < 4.78 is 5.20. The van der Waals surface area contributed by atoms with Gasteiger partial charge in [-0.25, -0.2) is 0 Å². The molecule has 0 saturated heterocycles. The van der Waals surface area contributed by atoms with E-state index in [9.17, 15) is 5.11 Å². The lowest BCUT2D eigenvalue weighted by molar-refractivity contribution is 0.147. The Morgan fingerprint density at radius 3 is 3.12 bits per heavy atom. The van der Waals surface area contributed by atoms with Gasteiger partial charge in [0.25, 0.3) is 0 Å². The van der Waals surface area contributed by atoms with E-state index in [0.29, 0.717) is 6.54 Å². The van der Waals surface area contributed by atoms with Crippen molar-refractivity contribution in [3.05, 3.63) is 23.8 Å². The molecule has 0 aliphatic carbocycles. The van der Waals surface area contributed by atoms with E-state index < -0.39 is 6.10 Å². The first-order valence-corrected chi connectivity index (χ1v) is 6.43. The van der Waals surface area contributed by atoms with Gasteiger partial charge in [-0.3, -0.25) is 0 Å². The fourth-order valence-corrected chi connectivity index (χ4v) is 3.27. The van der Waals surface area contributed by atoms with E-state index in [0.717, 1.165) is 17.9 Å². The molecule has 2 unspecified atom stereocenters. The van der Waals surface area contributed by atoms with Crippen molar-refractivity contribution in [2.75, 3.05) is 19.4 Å². The van der Waals surface area contributed by atoms with Gasteiger partial charge in [0.1, 0.15) is 5.75 Å². The minimum absolute atomic E-state index is 0.173. The topological polar surface area (TPSA) is 55.5 Å². The van der Waals surface area contributed by atoms with Gasteiger partial charge >= 0.3 is 0 Å². The van der Waals surface area contributed by atoms with Crippen molar-refractivity contribution < 1.29 is 9.84 Å². The van der Waals surface area contributed by atoms with Gasteiger partial charge in [0, 0.05) is 17.4 Å². The number of hydrogen-bond acceptors (Lipinski definition) is 4. The highest BCUT2D eigenvalue weighted by Crippen LogP contribution is 2.40. The summed E-state index contributed by atoms with van der Waals surface area (Å²) in [5.74, 6) is 2.07. The van der Waals surface area contributed by atoms with Gasteiger partial charge in [-0.2, -0.15) is 0 Å². The monoisotopic (exact) mass is 239 g/mol. The third-order valence-electron chi connectivity index (χ3n) is 3.01. The number of nitrogens with two attached hydrogens (primary N) is 1. The smallest absolute Gasteiger partial charge is 0.119 e. The molecule has 1 aromatic rings.